The molecule has 0 aliphatic rings. The van der Waals surface area contributed by atoms with E-state index in [0.29, 0.717) is 0 Å². The van der Waals surface area contributed by atoms with Gasteiger partial charge in [0.2, 0.25) is 0 Å². The van der Waals surface area contributed by atoms with Crippen molar-refractivity contribution in [3.05, 3.63) is 29.3 Å². The number of rotatable bonds is 1. The number of nitrogens with one attached hydrogen (secondary N) is 2. The molecule has 0 heterocycles. The van der Waals surface area contributed by atoms with Gasteiger partial charge in [0.15, 0.2) is 0 Å². The first kappa shape index (κ1) is 12.1. The summed E-state index contributed by atoms with van der Waals surface area (Å²) in [7, 11) is 0. The highest BCUT2D eigenvalue weighted by molar-refractivity contribution is 6.39. The Kier molecular flexibility index (Phi) is 3.51. The minimum absolute atomic E-state index is 0.0961. The van der Waals surface area contributed by atoms with Crippen molar-refractivity contribution in [3.8, 4) is 0 Å². The molecular formula is C9H9F2N3O2. The van der Waals surface area contributed by atoms with Gasteiger partial charge in [-0.2, -0.15) is 0 Å². The fraction of sp³-hybridized carbons (Fsp3) is 0.111. The molecule has 1 rings (SSSR count). The number of carbonyl (C=O) groups is 2. The number of nitrogens with two attached hydrogens (primary N) is 1. The van der Waals surface area contributed by atoms with Crippen LogP contribution in [0.1, 0.15) is 5.56 Å². The summed E-state index contributed by atoms with van der Waals surface area (Å²) >= 11 is 0. The van der Waals surface area contributed by atoms with E-state index in [4.69, 9.17) is 5.84 Å². The zero-order valence-corrected chi connectivity index (χ0v) is 8.30. The Hall–Kier alpha value is -2.02. The van der Waals surface area contributed by atoms with E-state index >= 15 is 0 Å². The van der Waals surface area contributed by atoms with Crippen molar-refractivity contribution in [3.63, 3.8) is 0 Å². The lowest BCUT2D eigenvalue weighted by molar-refractivity contribution is -0.136. The van der Waals surface area contributed by atoms with Crippen LogP contribution in [0, 0.1) is 18.6 Å². The van der Waals surface area contributed by atoms with Gasteiger partial charge in [-0.25, -0.2) is 14.6 Å². The lowest BCUT2D eigenvalue weighted by Gasteiger charge is -2.06. The second kappa shape index (κ2) is 4.67. The average Bonchev–Trinajstić information content (AvgIpc) is 2.24. The average molecular weight is 229 g/mol. The molecule has 4 N–H and O–H groups in total. The third kappa shape index (κ3) is 2.51. The molecule has 2 amide bonds. The molecular weight excluding hydrogens is 220 g/mol. The van der Waals surface area contributed by atoms with Gasteiger partial charge in [0.25, 0.3) is 0 Å². The second-order valence-electron chi connectivity index (χ2n) is 3.01. The minimum Gasteiger partial charge on any atom is -0.315 e. The predicted molar refractivity (Wildman–Crippen MR) is 52.1 cm³/mol. The van der Waals surface area contributed by atoms with Gasteiger partial charge in [-0.15, -0.1) is 0 Å². The number of hydrazine groups is 1. The van der Waals surface area contributed by atoms with Crippen LogP contribution in [0.2, 0.25) is 0 Å². The number of hydrogen-bond acceptors (Lipinski definition) is 3. The molecule has 0 unspecified atom stereocenters. The maximum Gasteiger partial charge on any atom is 0.323 e. The Morgan fingerprint density at radius 2 is 1.81 bits per heavy atom. The summed E-state index contributed by atoms with van der Waals surface area (Å²) < 4.78 is 26.3. The standard InChI is InChI=1S/C9H9F2N3O2/c1-4-2-6(11)7(3-5(4)10)13-8(15)9(16)14-12/h2-3H,12H2,1H3,(H,13,15)(H,14,16). The molecule has 16 heavy (non-hydrogen) atoms. The number of amides is 2. The van der Waals surface area contributed by atoms with Crippen LogP contribution >= 0.6 is 0 Å². The van der Waals surface area contributed by atoms with Crippen LogP contribution in [0.5, 0.6) is 0 Å². The monoisotopic (exact) mass is 229 g/mol. The first-order valence-corrected chi connectivity index (χ1v) is 4.23. The smallest absolute Gasteiger partial charge is 0.315 e. The fourth-order valence-electron chi connectivity index (χ4n) is 0.987. The van der Waals surface area contributed by atoms with Crippen LogP contribution in [0.15, 0.2) is 12.1 Å². The van der Waals surface area contributed by atoms with Gasteiger partial charge in [0.05, 0.1) is 5.69 Å². The Balaban J connectivity index is 2.94. The summed E-state index contributed by atoms with van der Waals surface area (Å²) in [5.41, 5.74) is 1.24. The van der Waals surface area contributed by atoms with Crippen LogP contribution < -0.4 is 16.6 Å². The Morgan fingerprint density at radius 3 is 2.38 bits per heavy atom. The molecule has 0 saturated heterocycles. The van der Waals surface area contributed by atoms with E-state index < -0.39 is 29.1 Å². The fourth-order valence-corrected chi connectivity index (χ4v) is 0.987. The summed E-state index contributed by atoms with van der Waals surface area (Å²) in [6.07, 6.45) is 0. The number of aryl methyl sites for hydroxylation is 1. The van der Waals surface area contributed by atoms with Gasteiger partial charge in [-0.1, -0.05) is 0 Å². The SMILES string of the molecule is Cc1cc(F)c(NC(=O)C(=O)NN)cc1F. The molecule has 0 aliphatic carbocycles. The van der Waals surface area contributed by atoms with Crippen molar-refractivity contribution >= 4 is 17.5 Å². The molecule has 0 saturated carbocycles. The molecule has 0 aromatic heterocycles. The lowest BCUT2D eigenvalue weighted by Crippen LogP contribution is -2.39. The summed E-state index contributed by atoms with van der Waals surface area (Å²) in [5.74, 6) is 0.836. The number of halogens is 2. The molecule has 86 valence electrons. The lowest BCUT2D eigenvalue weighted by atomic mass is 10.2. The topological polar surface area (TPSA) is 84.2 Å². The molecule has 0 aliphatic heterocycles. The molecule has 0 atom stereocenters. The van der Waals surface area contributed by atoms with Crippen LogP contribution in [0.25, 0.3) is 0 Å². The Morgan fingerprint density at radius 1 is 1.19 bits per heavy atom. The van der Waals surface area contributed by atoms with Crippen LogP contribution in [-0.2, 0) is 9.59 Å². The van der Waals surface area contributed by atoms with Crippen molar-refractivity contribution in [1.29, 1.82) is 0 Å². The van der Waals surface area contributed by atoms with Gasteiger partial charge < -0.3 is 5.32 Å². The molecule has 7 heteroatoms. The maximum atomic E-state index is 13.2. The molecule has 0 bridgehead atoms. The largest absolute Gasteiger partial charge is 0.323 e. The van der Waals surface area contributed by atoms with E-state index in [2.05, 4.69) is 0 Å². The van der Waals surface area contributed by atoms with E-state index in [1.807, 2.05) is 5.32 Å². The van der Waals surface area contributed by atoms with E-state index in [0.717, 1.165) is 12.1 Å². The number of hydrogen-bond donors (Lipinski definition) is 3. The number of benzene rings is 1. The maximum absolute atomic E-state index is 13.2. The normalized spacial score (nSPS) is 9.75. The predicted octanol–water partition coefficient (Wildman–Crippen LogP) is 0.202. The summed E-state index contributed by atoms with van der Waals surface area (Å²) in [5, 5.41) is 1.88. The highest BCUT2D eigenvalue weighted by Gasteiger charge is 2.15. The van der Waals surface area contributed by atoms with Crippen molar-refractivity contribution in [2.45, 2.75) is 6.92 Å². The van der Waals surface area contributed by atoms with E-state index in [1.165, 1.54) is 6.92 Å². The molecule has 0 fully saturated rings. The third-order valence-corrected chi connectivity index (χ3v) is 1.83. The molecule has 1 aromatic carbocycles. The van der Waals surface area contributed by atoms with Crippen molar-refractivity contribution < 1.29 is 18.4 Å². The Bertz CT molecular complexity index is 449. The molecule has 0 spiro atoms. The highest BCUT2D eigenvalue weighted by atomic mass is 19.1. The van der Waals surface area contributed by atoms with E-state index in [1.54, 1.807) is 5.43 Å². The molecule has 0 radical (unpaired) electrons. The van der Waals surface area contributed by atoms with Gasteiger partial charge in [0.1, 0.15) is 11.6 Å². The molecule has 5 nitrogen and oxygen atoms in total. The second-order valence-corrected chi connectivity index (χ2v) is 3.01. The van der Waals surface area contributed by atoms with Crippen molar-refractivity contribution in [2.75, 3.05) is 5.32 Å². The van der Waals surface area contributed by atoms with Gasteiger partial charge in [0, 0.05) is 6.07 Å². The van der Waals surface area contributed by atoms with Crippen LogP contribution in [-0.4, -0.2) is 11.8 Å². The van der Waals surface area contributed by atoms with Gasteiger partial charge in [-0.3, -0.25) is 15.0 Å². The number of anilines is 1. The van der Waals surface area contributed by atoms with E-state index in [9.17, 15) is 18.4 Å². The van der Waals surface area contributed by atoms with Crippen LogP contribution in [0.3, 0.4) is 0 Å². The first-order valence-electron chi connectivity index (χ1n) is 4.23. The van der Waals surface area contributed by atoms with Crippen LogP contribution in [0.4, 0.5) is 14.5 Å². The van der Waals surface area contributed by atoms with E-state index in [-0.39, 0.29) is 5.56 Å². The molecule has 1 aromatic rings. The van der Waals surface area contributed by atoms with Crippen molar-refractivity contribution in [2.24, 2.45) is 5.84 Å². The zero-order valence-electron chi connectivity index (χ0n) is 8.30. The first-order chi connectivity index (χ1) is 7.45. The van der Waals surface area contributed by atoms with Gasteiger partial charge in [-0.05, 0) is 18.6 Å². The summed E-state index contributed by atoms with van der Waals surface area (Å²) in [6.45, 7) is 1.37. The number of carbonyl (C=O) groups excluding carboxylic acids is 2. The zero-order chi connectivity index (χ0) is 12.3. The summed E-state index contributed by atoms with van der Waals surface area (Å²) in [6, 6.07) is 1.69. The Labute approximate surface area is 89.6 Å². The van der Waals surface area contributed by atoms with Crippen molar-refractivity contribution in [1.82, 2.24) is 5.43 Å². The third-order valence-electron chi connectivity index (χ3n) is 1.83. The van der Waals surface area contributed by atoms with Gasteiger partial charge >= 0.3 is 11.8 Å². The highest BCUT2D eigenvalue weighted by Crippen LogP contribution is 2.18. The summed E-state index contributed by atoms with van der Waals surface area (Å²) in [4.78, 5) is 21.7. The minimum atomic E-state index is -1.18. The quantitative estimate of drug-likeness (QED) is 0.278.